The highest BCUT2D eigenvalue weighted by molar-refractivity contribution is 6.31. The SMILES string of the molecule is Cc1nn(-c2cc(N3CCN(C(=O)N4N=CC[C@H]4c4cc(F)cc(C#N)c4)CC3)ncn2)c(C)c1Cl. The van der Waals surface area contributed by atoms with Crippen LogP contribution in [0.4, 0.5) is 15.0 Å². The van der Waals surface area contributed by atoms with Crippen LogP contribution in [0.2, 0.25) is 5.02 Å². The lowest BCUT2D eigenvalue weighted by Crippen LogP contribution is -2.52. The molecular weight excluding hydrogens is 485 g/mol. The topological polar surface area (TPSA) is 107 Å². The number of hydrogen-bond donors (Lipinski definition) is 0. The molecule has 5 rings (SSSR count). The molecule has 1 fully saturated rings. The Labute approximate surface area is 212 Å². The highest BCUT2D eigenvalue weighted by atomic mass is 35.5. The zero-order chi connectivity index (χ0) is 25.4. The summed E-state index contributed by atoms with van der Waals surface area (Å²) in [5.41, 5.74) is 2.29. The van der Waals surface area contributed by atoms with Crippen molar-refractivity contribution in [2.75, 3.05) is 31.1 Å². The Balaban J connectivity index is 1.27. The molecule has 3 aromatic rings. The van der Waals surface area contributed by atoms with Gasteiger partial charge < -0.3 is 9.80 Å². The highest BCUT2D eigenvalue weighted by Crippen LogP contribution is 2.31. The number of urea groups is 1. The van der Waals surface area contributed by atoms with E-state index < -0.39 is 11.9 Å². The van der Waals surface area contributed by atoms with Crippen molar-refractivity contribution >= 4 is 29.7 Å². The van der Waals surface area contributed by atoms with E-state index in [2.05, 4.69) is 25.1 Å². The van der Waals surface area contributed by atoms with Gasteiger partial charge in [0.05, 0.1) is 34.1 Å². The van der Waals surface area contributed by atoms with Crippen LogP contribution in [0.3, 0.4) is 0 Å². The molecule has 4 heterocycles. The third-order valence-electron chi connectivity index (χ3n) is 6.39. The number of halogens is 2. The van der Waals surface area contributed by atoms with Crippen molar-refractivity contribution in [1.29, 1.82) is 5.26 Å². The predicted octanol–water partition coefficient (Wildman–Crippen LogP) is 3.62. The van der Waals surface area contributed by atoms with Crippen molar-refractivity contribution in [3.63, 3.8) is 0 Å². The second-order valence-electron chi connectivity index (χ2n) is 8.67. The molecule has 0 aliphatic carbocycles. The fraction of sp³-hybridized carbons (Fsp3) is 0.333. The van der Waals surface area contributed by atoms with E-state index in [4.69, 9.17) is 11.6 Å². The molecule has 0 spiro atoms. The second kappa shape index (κ2) is 9.54. The van der Waals surface area contributed by atoms with Crippen LogP contribution in [0.25, 0.3) is 5.82 Å². The molecule has 2 aliphatic rings. The molecular formula is C24H23ClFN9O. The van der Waals surface area contributed by atoms with E-state index in [1.54, 1.807) is 21.9 Å². The van der Waals surface area contributed by atoms with Gasteiger partial charge in [-0.1, -0.05) is 11.6 Å². The van der Waals surface area contributed by atoms with Crippen LogP contribution < -0.4 is 4.90 Å². The molecule has 1 saturated heterocycles. The average Bonchev–Trinajstić information content (AvgIpc) is 3.49. The third kappa shape index (κ3) is 4.35. The summed E-state index contributed by atoms with van der Waals surface area (Å²) in [7, 11) is 0. The molecule has 0 radical (unpaired) electrons. The summed E-state index contributed by atoms with van der Waals surface area (Å²) in [6.07, 6.45) is 3.59. The molecule has 36 heavy (non-hydrogen) atoms. The Bertz CT molecular complexity index is 1390. The quantitative estimate of drug-likeness (QED) is 0.536. The van der Waals surface area contributed by atoms with Gasteiger partial charge in [0.25, 0.3) is 0 Å². The summed E-state index contributed by atoms with van der Waals surface area (Å²) in [5.74, 6) is 0.840. The number of benzene rings is 1. The number of carbonyl (C=O) groups is 1. The van der Waals surface area contributed by atoms with Crippen molar-refractivity contribution in [2.24, 2.45) is 5.10 Å². The summed E-state index contributed by atoms with van der Waals surface area (Å²) in [6.45, 7) is 5.80. The van der Waals surface area contributed by atoms with Crippen LogP contribution in [-0.2, 0) is 0 Å². The van der Waals surface area contributed by atoms with Crippen molar-refractivity contribution in [3.05, 3.63) is 63.9 Å². The Morgan fingerprint density at radius 2 is 1.86 bits per heavy atom. The van der Waals surface area contributed by atoms with Crippen molar-refractivity contribution in [3.8, 4) is 11.9 Å². The van der Waals surface area contributed by atoms with E-state index in [9.17, 15) is 14.4 Å². The number of carbonyl (C=O) groups excluding carboxylic acids is 1. The van der Waals surface area contributed by atoms with E-state index >= 15 is 0 Å². The molecule has 184 valence electrons. The number of hydrazone groups is 1. The van der Waals surface area contributed by atoms with Crippen LogP contribution in [0.1, 0.15) is 35.0 Å². The molecule has 2 amide bonds. The van der Waals surface area contributed by atoms with Gasteiger partial charge in [-0.3, -0.25) is 0 Å². The zero-order valence-electron chi connectivity index (χ0n) is 19.8. The maximum Gasteiger partial charge on any atom is 0.341 e. The van der Waals surface area contributed by atoms with Crippen molar-refractivity contribution in [2.45, 2.75) is 26.3 Å². The zero-order valence-corrected chi connectivity index (χ0v) is 20.5. The summed E-state index contributed by atoms with van der Waals surface area (Å²) in [5, 5.41) is 19.9. The number of anilines is 1. The first-order chi connectivity index (χ1) is 17.4. The number of piperazine rings is 1. The maximum atomic E-state index is 14.0. The van der Waals surface area contributed by atoms with Gasteiger partial charge >= 0.3 is 6.03 Å². The van der Waals surface area contributed by atoms with Gasteiger partial charge in [0.2, 0.25) is 0 Å². The number of amides is 2. The number of nitrogens with zero attached hydrogens (tertiary/aromatic N) is 9. The summed E-state index contributed by atoms with van der Waals surface area (Å²) in [6, 6.07) is 7.23. The number of nitriles is 1. The first kappa shape index (κ1) is 23.7. The first-order valence-corrected chi connectivity index (χ1v) is 11.8. The monoisotopic (exact) mass is 507 g/mol. The molecule has 1 atom stereocenters. The molecule has 2 aromatic heterocycles. The fourth-order valence-corrected chi connectivity index (χ4v) is 4.61. The molecule has 0 unspecified atom stereocenters. The smallest absolute Gasteiger partial charge is 0.341 e. The minimum Gasteiger partial charge on any atom is -0.353 e. The average molecular weight is 508 g/mol. The number of rotatable bonds is 3. The van der Waals surface area contributed by atoms with Crippen molar-refractivity contribution < 1.29 is 9.18 Å². The molecule has 0 saturated carbocycles. The lowest BCUT2D eigenvalue weighted by atomic mass is 10.0. The molecule has 0 N–H and O–H groups in total. The van der Waals surface area contributed by atoms with Crippen LogP contribution in [0.5, 0.6) is 0 Å². The summed E-state index contributed by atoms with van der Waals surface area (Å²) < 4.78 is 15.7. The molecule has 10 nitrogen and oxygen atoms in total. The number of aryl methyl sites for hydroxylation is 1. The normalized spacial score (nSPS) is 17.5. The van der Waals surface area contributed by atoms with E-state index in [1.807, 2.05) is 26.0 Å². The minimum atomic E-state index is -0.510. The van der Waals surface area contributed by atoms with Gasteiger partial charge in [-0.15, -0.1) is 0 Å². The fourth-order valence-electron chi connectivity index (χ4n) is 4.49. The molecule has 12 heteroatoms. The maximum absolute atomic E-state index is 14.0. The van der Waals surface area contributed by atoms with Gasteiger partial charge in [0.1, 0.15) is 18.0 Å². The molecule has 0 bridgehead atoms. The van der Waals surface area contributed by atoms with Gasteiger partial charge in [0, 0.05) is 44.9 Å². The van der Waals surface area contributed by atoms with Gasteiger partial charge in [-0.25, -0.2) is 28.8 Å². The Hall–Kier alpha value is -4.04. The van der Waals surface area contributed by atoms with Crippen molar-refractivity contribution in [1.82, 2.24) is 29.7 Å². The second-order valence-corrected chi connectivity index (χ2v) is 9.04. The lowest BCUT2D eigenvalue weighted by Gasteiger charge is -2.37. The van der Waals surface area contributed by atoms with Gasteiger partial charge in [-0.05, 0) is 37.6 Å². The summed E-state index contributed by atoms with van der Waals surface area (Å²) >= 11 is 6.29. The Kier molecular flexibility index (Phi) is 6.28. The van der Waals surface area contributed by atoms with Crippen LogP contribution >= 0.6 is 11.6 Å². The van der Waals surface area contributed by atoms with Crippen LogP contribution in [0, 0.1) is 31.0 Å². The Morgan fingerprint density at radius 1 is 1.11 bits per heavy atom. The standard InChI is InChI=1S/C24H23ClFN9O/c1-15-23(25)16(2)34(31-15)22-12-21(28-14-29-22)32-5-7-33(8-6-32)24(36)35-20(3-4-30-35)18-9-17(13-27)10-19(26)11-18/h4,9-12,14,20H,3,5-8H2,1-2H3/t20-/m0/s1. The first-order valence-electron chi connectivity index (χ1n) is 11.5. The van der Waals surface area contributed by atoms with Gasteiger partial charge in [0.15, 0.2) is 5.82 Å². The molecule has 1 aromatic carbocycles. The number of aromatic nitrogens is 4. The predicted molar refractivity (Wildman–Crippen MR) is 132 cm³/mol. The van der Waals surface area contributed by atoms with E-state index in [0.717, 1.165) is 17.2 Å². The van der Waals surface area contributed by atoms with E-state index in [-0.39, 0.29) is 11.6 Å². The lowest BCUT2D eigenvalue weighted by molar-refractivity contribution is 0.139. The van der Waals surface area contributed by atoms with E-state index in [1.165, 1.54) is 23.5 Å². The van der Waals surface area contributed by atoms with Gasteiger partial charge in [-0.2, -0.15) is 15.5 Å². The van der Waals surface area contributed by atoms with E-state index in [0.29, 0.717) is 49.0 Å². The largest absolute Gasteiger partial charge is 0.353 e. The highest BCUT2D eigenvalue weighted by Gasteiger charge is 2.33. The summed E-state index contributed by atoms with van der Waals surface area (Å²) in [4.78, 5) is 25.8. The molecule has 2 aliphatic heterocycles. The third-order valence-corrected chi connectivity index (χ3v) is 6.94. The minimum absolute atomic E-state index is 0.213. The van der Waals surface area contributed by atoms with Crippen LogP contribution in [-0.4, -0.2) is 68.1 Å². The van der Waals surface area contributed by atoms with Crippen LogP contribution in [0.15, 0.2) is 35.7 Å². The Morgan fingerprint density at radius 3 is 2.56 bits per heavy atom. The number of hydrogen-bond acceptors (Lipinski definition) is 7.